The van der Waals surface area contributed by atoms with Gasteiger partial charge in [0.05, 0.1) is 0 Å². The summed E-state index contributed by atoms with van der Waals surface area (Å²) in [6, 6.07) is 0. The van der Waals surface area contributed by atoms with Crippen LogP contribution in [-0.2, 0) is 4.79 Å². The minimum absolute atomic E-state index is 0.335. The summed E-state index contributed by atoms with van der Waals surface area (Å²) in [7, 11) is 0. The van der Waals surface area contributed by atoms with E-state index in [9.17, 15) is 4.79 Å². The smallest absolute Gasteiger partial charge is 0.129 e. The lowest BCUT2D eigenvalue weighted by Gasteiger charge is -2.06. The van der Waals surface area contributed by atoms with Crippen LogP contribution in [0.3, 0.4) is 0 Å². The molecule has 12 heavy (non-hydrogen) atoms. The molecule has 0 aromatic carbocycles. The minimum atomic E-state index is 0.335. The molecule has 0 amide bonds. The summed E-state index contributed by atoms with van der Waals surface area (Å²) in [5, 5.41) is 0.914. The first-order valence-corrected chi connectivity index (χ1v) is 5.95. The van der Waals surface area contributed by atoms with E-state index in [0.29, 0.717) is 5.78 Å². The zero-order valence-corrected chi connectivity index (χ0v) is 8.66. The van der Waals surface area contributed by atoms with Gasteiger partial charge in [-0.05, 0) is 31.9 Å². The van der Waals surface area contributed by atoms with E-state index in [1.807, 2.05) is 0 Å². The average Bonchev–Trinajstić information content (AvgIpc) is 2.49. The van der Waals surface area contributed by atoms with Crippen LogP contribution in [0.2, 0.25) is 0 Å². The van der Waals surface area contributed by atoms with E-state index >= 15 is 0 Å². The molecular formula is C10H18OS. The van der Waals surface area contributed by atoms with Crippen molar-refractivity contribution >= 4 is 17.5 Å². The molecule has 70 valence electrons. The van der Waals surface area contributed by atoms with Crippen LogP contribution in [0.5, 0.6) is 0 Å². The molecule has 0 unspecified atom stereocenters. The molecule has 0 aromatic rings. The van der Waals surface area contributed by atoms with Crippen LogP contribution < -0.4 is 0 Å². The Labute approximate surface area is 79.3 Å². The van der Waals surface area contributed by atoms with Crippen molar-refractivity contribution in [2.75, 3.05) is 5.75 Å². The van der Waals surface area contributed by atoms with Crippen molar-refractivity contribution in [1.82, 2.24) is 0 Å². The number of thioether (sulfide) groups is 1. The number of hydrogen-bond donors (Lipinski definition) is 0. The maximum atomic E-state index is 10.6. The van der Waals surface area contributed by atoms with Gasteiger partial charge >= 0.3 is 0 Å². The van der Waals surface area contributed by atoms with Gasteiger partial charge in [-0.15, -0.1) is 0 Å². The highest BCUT2D eigenvalue weighted by molar-refractivity contribution is 7.99. The number of Topliss-reactive ketones (excluding diaryl/α,β-unsaturated/α-hetero) is 1. The zero-order valence-electron chi connectivity index (χ0n) is 7.84. The highest BCUT2D eigenvalue weighted by atomic mass is 32.2. The van der Waals surface area contributed by atoms with Crippen LogP contribution in [0, 0.1) is 0 Å². The molecule has 1 nitrogen and oxygen atoms in total. The van der Waals surface area contributed by atoms with Crippen molar-refractivity contribution < 1.29 is 4.79 Å². The van der Waals surface area contributed by atoms with Crippen molar-refractivity contribution in [2.24, 2.45) is 0 Å². The molecule has 0 radical (unpaired) electrons. The number of rotatable bonds is 5. The molecular weight excluding hydrogens is 168 g/mol. The second kappa shape index (κ2) is 5.63. The van der Waals surface area contributed by atoms with Gasteiger partial charge in [0, 0.05) is 11.7 Å². The van der Waals surface area contributed by atoms with E-state index in [0.717, 1.165) is 18.1 Å². The van der Waals surface area contributed by atoms with Gasteiger partial charge in [-0.3, -0.25) is 0 Å². The van der Waals surface area contributed by atoms with Crippen molar-refractivity contribution in [3.05, 3.63) is 0 Å². The quantitative estimate of drug-likeness (QED) is 0.614. The van der Waals surface area contributed by atoms with Crippen molar-refractivity contribution in [3.63, 3.8) is 0 Å². The normalized spacial score (nSPS) is 18.4. The zero-order chi connectivity index (χ0) is 8.81. The topological polar surface area (TPSA) is 17.1 Å². The Balaban J connectivity index is 1.91. The second-order valence-corrected chi connectivity index (χ2v) is 4.99. The SMILES string of the molecule is CC(=O)CCCSC1CCCC1. The van der Waals surface area contributed by atoms with E-state index in [2.05, 4.69) is 11.8 Å². The lowest BCUT2D eigenvalue weighted by atomic mass is 10.3. The molecule has 1 saturated carbocycles. The molecule has 2 heteroatoms. The first kappa shape index (κ1) is 10.1. The highest BCUT2D eigenvalue weighted by Gasteiger charge is 2.14. The first-order chi connectivity index (χ1) is 5.79. The molecule has 1 aliphatic carbocycles. The number of carbonyl (C=O) groups excluding carboxylic acids is 1. The fourth-order valence-corrected chi connectivity index (χ4v) is 2.94. The first-order valence-electron chi connectivity index (χ1n) is 4.90. The van der Waals surface area contributed by atoms with Gasteiger partial charge in [-0.25, -0.2) is 0 Å². The maximum absolute atomic E-state index is 10.6. The molecule has 0 aromatic heterocycles. The Kier molecular flexibility index (Phi) is 4.74. The van der Waals surface area contributed by atoms with Gasteiger partial charge in [0.15, 0.2) is 0 Å². The Morgan fingerprint density at radius 3 is 2.67 bits per heavy atom. The summed E-state index contributed by atoms with van der Waals surface area (Å²) in [5.74, 6) is 1.52. The molecule has 1 fully saturated rings. The fraction of sp³-hybridized carbons (Fsp3) is 0.900. The van der Waals surface area contributed by atoms with E-state index in [4.69, 9.17) is 0 Å². The van der Waals surface area contributed by atoms with Crippen molar-refractivity contribution in [1.29, 1.82) is 0 Å². The lowest BCUT2D eigenvalue weighted by Crippen LogP contribution is -1.97. The van der Waals surface area contributed by atoms with Crippen LogP contribution in [0.15, 0.2) is 0 Å². The molecule has 0 heterocycles. The molecule has 0 N–H and O–H groups in total. The summed E-state index contributed by atoms with van der Waals surface area (Å²) in [4.78, 5) is 10.6. The minimum Gasteiger partial charge on any atom is -0.300 e. The molecule has 0 atom stereocenters. The predicted molar refractivity (Wildman–Crippen MR) is 54.6 cm³/mol. The van der Waals surface area contributed by atoms with Gasteiger partial charge in [-0.1, -0.05) is 12.8 Å². The van der Waals surface area contributed by atoms with E-state index in [-0.39, 0.29) is 0 Å². The summed E-state index contributed by atoms with van der Waals surface area (Å²) < 4.78 is 0. The van der Waals surface area contributed by atoms with Crippen LogP contribution in [-0.4, -0.2) is 16.8 Å². The Bertz CT molecular complexity index is 139. The van der Waals surface area contributed by atoms with E-state index in [1.54, 1.807) is 6.92 Å². The summed E-state index contributed by atoms with van der Waals surface area (Å²) >= 11 is 2.07. The molecule has 0 spiro atoms. The molecule has 0 aliphatic heterocycles. The fourth-order valence-electron chi connectivity index (χ4n) is 1.63. The van der Waals surface area contributed by atoms with Gasteiger partial charge in [0.1, 0.15) is 5.78 Å². The second-order valence-electron chi connectivity index (χ2n) is 3.58. The van der Waals surface area contributed by atoms with Crippen molar-refractivity contribution in [2.45, 2.75) is 50.7 Å². The predicted octanol–water partition coefficient (Wildman–Crippen LogP) is 3.03. The third kappa shape index (κ3) is 4.15. The van der Waals surface area contributed by atoms with Crippen LogP contribution in [0.25, 0.3) is 0 Å². The number of carbonyl (C=O) groups is 1. The number of hydrogen-bond acceptors (Lipinski definition) is 2. The summed E-state index contributed by atoms with van der Waals surface area (Å²) in [6.45, 7) is 1.68. The van der Waals surface area contributed by atoms with Crippen LogP contribution in [0.1, 0.15) is 45.4 Å². The number of ketones is 1. The van der Waals surface area contributed by atoms with E-state index < -0.39 is 0 Å². The Morgan fingerprint density at radius 1 is 1.42 bits per heavy atom. The standard InChI is InChI=1S/C10H18OS/c1-9(11)5-4-8-12-10-6-2-3-7-10/h10H,2-8H2,1H3. The van der Waals surface area contributed by atoms with Gasteiger partial charge in [-0.2, -0.15) is 11.8 Å². The Morgan fingerprint density at radius 2 is 2.08 bits per heavy atom. The molecule has 1 aliphatic rings. The summed E-state index contributed by atoms with van der Waals surface area (Å²) in [6.07, 6.45) is 7.51. The Hall–Kier alpha value is 0.0200. The molecule has 0 saturated heterocycles. The maximum Gasteiger partial charge on any atom is 0.129 e. The van der Waals surface area contributed by atoms with Gasteiger partial charge in [0.25, 0.3) is 0 Å². The largest absolute Gasteiger partial charge is 0.300 e. The van der Waals surface area contributed by atoms with Crippen LogP contribution >= 0.6 is 11.8 Å². The highest BCUT2D eigenvalue weighted by Crippen LogP contribution is 2.29. The average molecular weight is 186 g/mol. The van der Waals surface area contributed by atoms with Crippen LogP contribution in [0.4, 0.5) is 0 Å². The molecule has 1 rings (SSSR count). The van der Waals surface area contributed by atoms with E-state index in [1.165, 1.54) is 31.4 Å². The monoisotopic (exact) mass is 186 g/mol. The third-order valence-electron chi connectivity index (χ3n) is 2.33. The molecule has 0 bridgehead atoms. The van der Waals surface area contributed by atoms with Gasteiger partial charge < -0.3 is 4.79 Å². The van der Waals surface area contributed by atoms with Crippen molar-refractivity contribution in [3.8, 4) is 0 Å². The summed E-state index contributed by atoms with van der Waals surface area (Å²) in [5.41, 5.74) is 0. The lowest BCUT2D eigenvalue weighted by molar-refractivity contribution is -0.117. The van der Waals surface area contributed by atoms with Gasteiger partial charge in [0.2, 0.25) is 0 Å². The third-order valence-corrected chi connectivity index (χ3v) is 3.80.